The first-order chi connectivity index (χ1) is 11.4. The summed E-state index contributed by atoms with van der Waals surface area (Å²) in [6.07, 6.45) is 1.25. The van der Waals surface area contributed by atoms with Crippen LogP contribution in [-0.2, 0) is 16.4 Å². The molecule has 2 aromatic carbocycles. The molecule has 2 aromatic rings. The van der Waals surface area contributed by atoms with Gasteiger partial charge in [0.25, 0.3) is 0 Å². The van der Waals surface area contributed by atoms with Gasteiger partial charge >= 0.3 is 7.12 Å². The number of aryl methyl sites for hydroxylation is 1. The van der Waals surface area contributed by atoms with E-state index in [1.165, 1.54) is 18.2 Å². The minimum Gasteiger partial charge on any atom is -0.423 e. The number of hydrogen-bond acceptors (Lipinski definition) is 5. The molecular weight excluding hydrogens is 327 g/mol. The van der Waals surface area contributed by atoms with Crippen LogP contribution in [0, 0.1) is 11.3 Å². The molecule has 0 fully saturated rings. The van der Waals surface area contributed by atoms with Gasteiger partial charge in [-0.15, -0.1) is 0 Å². The number of benzene rings is 2. The third-order valence-corrected chi connectivity index (χ3v) is 4.94. The van der Waals surface area contributed by atoms with E-state index in [2.05, 4.69) is 4.72 Å². The molecule has 3 N–H and O–H groups in total. The number of rotatable bonds is 7. The van der Waals surface area contributed by atoms with Crippen LogP contribution in [0.3, 0.4) is 0 Å². The normalized spacial score (nSPS) is 11.0. The first-order valence-electron chi connectivity index (χ1n) is 7.37. The molecule has 0 bridgehead atoms. The van der Waals surface area contributed by atoms with Crippen LogP contribution in [0.15, 0.2) is 53.4 Å². The number of hydrogen-bond donors (Lipinski definition) is 3. The summed E-state index contributed by atoms with van der Waals surface area (Å²) in [6.45, 7) is 0.267. The molecule has 24 heavy (non-hydrogen) atoms. The van der Waals surface area contributed by atoms with Crippen LogP contribution in [0.1, 0.15) is 17.5 Å². The topological polar surface area (TPSA) is 110 Å². The fourth-order valence-electron chi connectivity index (χ4n) is 2.17. The van der Waals surface area contributed by atoms with Gasteiger partial charge < -0.3 is 10.0 Å². The fraction of sp³-hybridized carbons (Fsp3) is 0.188. The summed E-state index contributed by atoms with van der Waals surface area (Å²) in [4.78, 5) is 0.0721. The first kappa shape index (κ1) is 18.2. The van der Waals surface area contributed by atoms with Crippen LogP contribution in [0.25, 0.3) is 0 Å². The van der Waals surface area contributed by atoms with Crippen LogP contribution >= 0.6 is 0 Å². The van der Waals surface area contributed by atoms with Gasteiger partial charge in [-0.2, -0.15) is 5.26 Å². The second-order valence-corrected chi connectivity index (χ2v) is 7.02. The van der Waals surface area contributed by atoms with Gasteiger partial charge in [-0.3, -0.25) is 0 Å². The minimum absolute atomic E-state index is 0.0721. The summed E-state index contributed by atoms with van der Waals surface area (Å²) >= 11 is 0. The maximum atomic E-state index is 12.2. The number of nitrogens with zero attached hydrogens (tertiary/aromatic N) is 1. The standard InChI is InChI=1S/C16H17BN2O4S/c18-12-14-3-1-5-16(11-14)24(22,23)19-10-2-4-13-6-8-15(9-7-13)17(20)21/h1,3,5-9,11,19-21H,2,4,10H2. The molecule has 0 spiro atoms. The van der Waals surface area contributed by atoms with Crippen molar-refractivity contribution < 1.29 is 18.5 Å². The Bertz CT molecular complexity index is 830. The molecule has 0 saturated heterocycles. The van der Waals surface area contributed by atoms with Crippen molar-refractivity contribution in [3.05, 3.63) is 59.7 Å². The molecule has 6 nitrogen and oxygen atoms in total. The lowest BCUT2D eigenvalue weighted by Crippen LogP contribution is -2.29. The molecule has 8 heteroatoms. The van der Waals surface area contributed by atoms with E-state index in [1.807, 2.05) is 6.07 Å². The second kappa shape index (κ2) is 8.08. The zero-order valence-corrected chi connectivity index (χ0v) is 13.7. The summed E-state index contributed by atoms with van der Waals surface area (Å²) < 4.78 is 26.8. The zero-order chi connectivity index (χ0) is 17.6. The second-order valence-electron chi connectivity index (χ2n) is 5.26. The highest BCUT2D eigenvalue weighted by molar-refractivity contribution is 7.89. The minimum atomic E-state index is -3.63. The van der Waals surface area contributed by atoms with Crippen molar-refractivity contribution in [2.75, 3.05) is 6.54 Å². The van der Waals surface area contributed by atoms with E-state index in [-0.39, 0.29) is 11.4 Å². The Morgan fingerprint density at radius 3 is 2.46 bits per heavy atom. The van der Waals surface area contributed by atoms with Crippen LogP contribution in [0.2, 0.25) is 0 Å². The average molecular weight is 344 g/mol. The highest BCUT2D eigenvalue weighted by atomic mass is 32.2. The van der Waals surface area contributed by atoms with Crippen molar-refractivity contribution in [1.82, 2.24) is 4.72 Å². The maximum absolute atomic E-state index is 12.2. The van der Waals surface area contributed by atoms with Crippen molar-refractivity contribution in [2.24, 2.45) is 0 Å². The number of sulfonamides is 1. The molecule has 124 valence electrons. The van der Waals surface area contributed by atoms with Crippen molar-refractivity contribution in [3.8, 4) is 6.07 Å². The lowest BCUT2D eigenvalue weighted by Gasteiger charge is -2.07. The molecule has 0 aliphatic carbocycles. The summed E-state index contributed by atoms with van der Waals surface area (Å²) in [7, 11) is -5.12. The molecular formula is C16H17BN2O4S. The highest BCUT2D eigenvalue weighted by Gasteiger charge is 2.14. The van der Waals surface area contributed by atoms with Gasteiger partial charge in [0.05, 0.1) is 16.5 Å². The van der Waals surface area contributed by atoms with Gasteiger partial charge in [-0.25, -0.2) is 13.1 Å². The third-order valence-electron chi connectivity index (χ3n) is 3.49. The monoisotopic (exact) mass is 344 g/mol. The lowest BCUT2D eigenvalue weighted by atomic mass is 9.80. The summed E-state index contributed by atoms with van der Waals surface area (Å²) in [6, 6.07) is 14.6. The Hall–Kier alpha value is -2.18. The van der Waals surface area contributed by atoms with Crippen LogP contribution in [-0.4, -0.2) is 32.1 Å². The largest absolute Gasteiger partial charge is 0.488 e. The molecule has 0 atom stereocenters. The van der Waals surface area contributed by atoms with Crippen LogP contribution in [0.5, 0.6) is 0 Å². The van der Waals surface area contributed by atoms with E-state index in [0.29, 0.717) is 23.9 Å². The van der Waals surface area contributed by atoms with E-state index >= 15 is 0 Å². The Morgan fingerprint density at radius 2 is 1.83 bits per heavy atom. The Labute approximate surface area is 141 Å². The van der Waals surface area contributed by atoms with Gasteiger partial charge in [0.1, 0.15) is 0 Å². The van der Waals surface area contributed by atoms with E-state index < -0.39 is 17.1 Å². The van der Waals surface area contributed by atoms with Gasteiger partial charge in [0, 0.05) is 6.54 Å². The quantitative estimate of drug-likeness (QED) is 0.489. The smallest absolute Gasteiger partial charge is 0.423 e. The van der Waals surface area contributed by atoms with Crippen LogP contribution in [0.4, 0.5) is 0 Å². The van der Waals surface area contributed by atoms with Gasteiger partial charge in [0.15, 0.2) is 0 Å². The first-order valence-corrected chi connectivity index (χ1v) is 8.85. The summed E-state index contributed by atoms with van der Waals surface area (Å²) in [5.41, 5.74) is 1.69. The predicted molar refractivity (Wildman–Crippen MR) is 90.9 cm³/mol. The molecule has 0 aromatic heterocycles. The predicted octanol–water partition coefficient (Wildman–Crippen LogP) is 0.149. The molecule has 0 amide bonds. The summed E-state index contributed by atoms with van der Waals surface area (Å²) in [5.74, 6) is 0. The SMILES string of the molecule is N#Cc1cccc(S(=O)(=O)NCCCc2ccc(B(O)O)cc2)c1. The Balaban J connectivity index is 1.88. The molecule has 0 saturated carbocycles. The lowest BCUT2D eigenvalue weighted by molar-refractivity contribution is 0.426. The van der Waals surface area contributed by atoms with Crippen molar-refractivity contribution in [2.45, 2.75) is 17.7 Å². The highest BCUT2D eigenvalue weighted by Crippen LogP contribution is 2.11. The van der Waals surface area contributed by atoms with E-state index in [1.54, 1.807) is 30.3 Å². The van der Waals surface area contributed by atoms with Gasteiger partial charge in [0.2, 0.25) is 10.0 Å². The van der Waals surface area contributed by atoms with E-state index in [0.717, 1.165) is 5.56 Å². The Kier molecular flexibility index (Phi) is 6.12. The zero-order valence-electron chi connectivity index (χ0n) is 12.9. The van der Waals surface area contributed by atoms with E-state index in [4.69, 9.17) is 15.3 Å². The summed E-state index contributed by atoms with van der Waals surface area (Å²) in [5, 5.41) is 26.9. The van der Waals surface area contributed by atoms with E-state index in [9.17, 15) is 8.42 Å². The molecule has 0 radical (unpaired) electrons. The van der Waals surface area contributed by atoms with Gasteiger partial charge in [-0.05, 0) is 42.1 Å². The van der Waals surface area contributed by atoms with Crippen molar-refractivity contribution in [1.29, 1.82) is 5.26 Å². The maximum Gasteiger partial charge on any atom is 0.488 e. The van der Waals surface area contributed by atoms with Gasteiger partial charge in [-0.1, -0.05) is 30.3 Å². The third kappa shape index (κ3) is 4.91. The fourth-order valence-corrected chi connectivity index (χ4v) is 3.29. The van der Waals surface area contributed by atoms with Crippen LogP contribution < -0.4 is 10.2 Å². The molecule has 2 rings (SSSR count). The molecule has 0 aliphatic heterocycles. The molecule has 0 heterocycles. The number of nitrogens with one attached hydrogen (secondary N) is 1. The molecule has 0 aliphatic rings. The molecule has 0 unspecified atom stereocenters. The van der Waals surface area contributed by atoms with Crippen molar-refractivity contribution >= 4 is 22.6 Å². The average Bonchev–Trinajstić information content (AvgIpc) is 2.59. The number of nitriles is 1. The Morgan fingerprint density at radius 1 is 1.12 bits per heavy atom. The van der Waals surface area contributed by atoms with Crippen molar-refractivity contribution in [3.63, 3.8) is 0 Å².